The van der Waals surface area contributed by atoms with E-state index in [1.807, 2.05) is 12.1 Å². The van der Waals surface area contributed by atoms with E-state index in [2.05, 4.69) is 24.4 Å². The molecule has 0 saturated carbocycles. The molecule has 3 heteroatoms. The largest absolute Gasteiger partial charge is 0.378 e. The minimum Gasteiger partial charge on any atom is -0.378 e. The Hall–Kier alpha value is -0.570. The van der Waals surface area contributed by atoms with Gasteiger partial charge in [-0.3, -0.25) is 0 Å². The van der Waals surface area contributed by atoms with Crippen LogP contribution in [0.5, 0.6) is 0 Å². The molecule has 106 valence electrons. The molecule has 0 radical (unpaired) electrons. The highest BCUT2D eigenvalue weighted by molar-refractivity contribution is 6.30. The fraction of sp³-hybridized carbons (Fsp3) is 0.625. The van der Waals surface area contributed by atoms with Crippen LogP contribution in [0.1, 0.15) is 50.6 Å². The van der Waals surface area contributed by atoms with Gasteiger partial charge in [0.2, 0.25) is 0 Å². The summed E-state index contributed by atoms with van der Waals surface area (Å²) in [6, 6.07) is 8.60. The average molecular weight is 282 g/mol. The molecule has 0 spiro atoms. The van der Waals surface area contributed by atoms with Crippen LogP contribution in [0, 0.1) is 0 Å². The minimum absolute atomic E-state index is 0.408. The molecule has 2 rings (SSSR count). The molecule has 1 heterocycles. The van der Waals surface area contributed by atoms with Crippen molar-refractivity contribution >= 4 is 11.6 Å². The number of benzene rings is 1. The Morgan fingerprint density at radius 3 is 3.05 bits per heavy atom. The molecule has 0 aliphatic carbocycles. The zero-order valence-corrected chi connectivity index (χ0v) is 12.5. The smallest absolute Gasteiger partial charge is 0.0576 e. The van der Waals surface area contributed by atoms with E-state index < -0.39 is 0 Å². The van der Waals surface area contributed by atoms with Crippen LogP contribution >= 0.6 is 11.6 Å². The van der Waals surface area contributed by atoms with Crippen LogP contribution in [0.4, 0.5) is 0 Å². The van der Waals surface area contributed by atoms with Crippen molar-refractivity contribution in [1.82, 2.24) is 5.32 Å². The summed E-state index contributed by atoms with van der Waals surface area (Å²) in [6.07, 6.45) is 6.51. The molecule has 1 fully saturated rings. The lowest BCUT2D eigenvalue weighted by Gasteiger charge is -2.19. The second kappa shape index (κ2) is 7.88. The third-order valence-electron chi connectivity index (χ3n) is 3.74. The summed E-state index contributed by atoms with van der Waals surface area (Å²) in [6.45, 7) is 4.09. The molecule has 0 amide bonds. The second-order valence-electron chi connectivity index (χ2n) is 5.23. The summed E-state index contributed by atoms with van der Waals surface area (Å²) < 4.78 is 5.68. The molecule has 2 nitrogen and oxygen atoms in total. The summed E-state index contributed by atoms with van der Waals surface area (Å²) in [5, 5.41) is 4.37. The number of rotatable bonds is 7. The molecule has 1 aromatic rings. The van der Waals surface area contributed by atoms with Gasteiger partial charge in [-0.2, -0.15) is 0 Å². The normalized spacial score (nSPS) is 20.6. The van der Waals surface area contributed by atoms with Crippen molar-refractivity contribution < 1.29 is 4.74 Å². The standard InChI is InChI=1S/C16H24ClNO/c1-2-18-16(13-6-3-7-14(17)12-13)10-4-8-15-9-5-11-19-15/h3,6-7,12,15-16,18H,2,4-5,8-11H2,1H3. The van der Waals surface area contributed by atoms with Crippen molar-refractivity contribution in [3.05, 3.63) is 34.9 Å². The molecular weight excluding hydrogens is 258 g/mol. The van der Waals surface area contributed by atoms with Gasteiger partial charge >= 0.3 is 0 Å². The first-order valence-electron chi connectivity index (χ1n) is 7.40. The maximum atomic E-state index is 6.08. The lowest BCUT2D eigenvalue weighted by atomic mass is 9.99. The van der Waals surface area contributed by atoms with Crippen LogP contribution in [-0.4, -0.2) is 19.3 Å². The van der Waals surface area contributed by atoms with Gasteiger partial charge < -0.3 is 10.1 Å². The van der Waals surface area contributed by atoms with Crippen molar-refractivity contribution in [3.8, 4) is 0 Å². The number of hydrogen-bond acceptors (Lipinski definition) is 2. The first-order chi connectivity index (χ1) is 9.29. The first kappa shape index (κ1) is 14.8. The Morgan fingerprint density at radius 1 is 1.47 bits per heavy atom. The lowest BCUT2D eigenvalue weighted by molar-refractivity contribution is 0.101. The van der Waals surface area contributed by atoms with Crippen LogP contribution in [-0.2, 0) is 4.74 Å². The molecule has 1 aromatic carbocycles. The van der Waals surface area contributed by atoms with Crippen LogP contribution in [0.15, 0.2) is 24.3 Å². The van der Waals surface area contributed by atoms with Crippen LogP contribution in [0.2, 0.25) is 5.02 Å². The van der Waals surface area contributed by atoms with Crippen molar-refractivity contribution in [3.63, 3.8) is 0 Å². The van der Waals surface area contributed by atoms with E-state index in [-0.39, 0.29) is 0 Å². The second-order valence-corrected chi connectivity index (χ2v) is 5.67. The van der Waals surface area contributed by atoms with Crippen LogP contribution in [0.25, 0.3) is 0 Å². The van der Waals surface area contributed by atoms with Gasteiger partial charge in [-0.25, -0.2) is 0 Å². The van der Waals surface area contributed by atoms with E-state index in [0.717, 1.165) is 24.6 Å². The molecule has 0 bridgehead atoms. The van der Waals surface area contributed by atoms with Gasteiger partial charge in [-0.15, -0.1) is 0 Å². The van der Waals surface area contributed by atoms with Crippen molar-refractivity contribution in [2.45, 2.75) is 51.2 Å². The van der Waals surface area contributed by atoms with Gasteiger partial charge in [-0.05, 0) is 56.3 Å². The molecule has 2 atom stereocenters. The molecule has 1 aliphatic heterocycles. The zero-order valence-electron chi connectivity index (χ0n) is 11.7. The van der Waals surface area contributed by atoms with E-state index >= 15 is 0 Å². The maximum absolute atomic E-state index is 6.08. The van der Waals surface area contributed by atoms with Gasteiger partial charge in [0, 0.05) is 17.7 Å². The maximum Gasteiger partial charge on any atom is 0.0576 e. The highest BCUT2D eigenvalue weighted by Crippen LogP contribution is 2.24. The molecule has 2 unspecified atom stereocenters. The molecular formula is C16H24ClNO. The number of hydrogen-bond donors (Lipinski definition) is 1. The monoisotopic (exact) mass is 281 g/mol. The predicted molar refractivity (Wildman–Crippen MR) is 80.7 cm³/mol. The van der Waals surface area contributed by atoms with E-state index in [9.17, 15) is 0 Å². The van der Waals surface area contributed by atoms with Gasteiger partial charge in [0.25, 0.3) is 0 Å². The summed E-state index contributed by atoms with van der Waals surface area (Å²) in [5.74, 6) is 0. The van der Waals surface area contributed by atoms with E-state index in [0.29, 0.717) is 12.1 Å². The average Bonchev–Trinajstić information content (AvgIpc) is 2.91. The minimum atomic E-state index is 0.408. The van der Waals surface area contributed by atoms with E-state index in [1.165, 1.54) is 31.2 Å². The summed E-state index contributed by atoms with van der Waals surface area (Å²) in [5.41, 5.74) is 1.29. The summed E-state index contributed by atoms with van der Waals surface area (Å²) >= 11 is 6.08. The summed E-state index contributed by atoms with van der Waals surface area (Å²) in [7, 11) is 0. The Morgan fingerprint density at radius 2 is 2.37 bits per heavy atom. The molecule has 1 saturated heterocycles. The third-order valence-corrected chi connectivity index (χ3v) is 3.98. The fourth-order valence-corrected chi connectivity index (χ4v) is 2.98. The Kier molecular flexibility index (Phi) is 6.15. The molecule has 1 aliphatic rings. The Labute approximate surface area is 121 Å². The quantitative estimate of drug-likeness (QED) is 0.803. The summed E-state index contributed by atoms with van der Waals surface area (Å²) in [4.78, 5) is 0. The first-order valence-corrected chi connectivity index (χ1v) is 7.78. The van der Waals surface area contributed by atoms with Gasteiger partial charge in [0.1, 0.15) is 0 Å². The van der Waals surface area contributed by atoms with Gasteiger partial charge in [-0.1, -0.05) is 30.7 Å². The van der Waals surface area contributed by atoms with Crippen molar-refractivity contribution in [2.75, 3.05) is 13.2 Å². The highest BCUT2D eigenvalue weighted by atomic mass is 35.5. The van der Waals surface area contributed by atoms with Crippen LogP contribution in [0.3, 0.4) is 0 Å². The molecule has 19 heavy (non-hydrogen) atoms. The topological polar surface area (TPSA) is 21.3 Å². The Balaban J connectivity index is 1.84. The predicted octanol–water partition coefficient (Wildman–Crippen LogP) is 4.34. The number of ether oxygens (including phenoxy) is 1. The highest BCUT2D eigenvalue weighted by Gasteiger charge is 2.16. The number of halogens is 1. The van der Waals surface area contributed by atoms with Gasteiger partial charge in [0.05, 0.1) is 6.10 Å². The lowest BCUT2D eigenvalue weighted by Crippen LogP contribution is -2.21. The number of nitrogens with one attached hydrogen (secondary N) is 1. The molecule has 1 N–H and O–H groups in total. The van der Waals surface area contributed by atoms with Crippen molar-refractivity contribution in [2.24, 2.45) is 0 Å². The van der Waals surface area contributed by atoms with E-state index in [4.69, 9.17) is 16.3 Å². The fourth-order valence-electron chi connectivity index (χ4n) is 2.78. The Bertz CT molecular complexity index is 377. The van der Waals surface area contributed by atoms with Crippen molar-refractivity contribution in [1.29, 1.82) is 0 Å². The van der Waals surface area contributed by atoms with Crippen LogP contribution < -0.4 is 5.32 Å². The van der Waals surface area contributed by atoms with Gasteiger partial charge in [0.15, 0.2) is 0 Å². The SMILES string of the molecule is CCNC(CCCC1CCCO1)c1cccc(Cl)c1. The van der Waals surface area contributed by atoms with E-state index in [1.54, 1.807) is 0 Å². The zero-order chi connectivity index (χ0) is 13.5. The third kappa shape index (κ3) is 4.79. The molecule has 0 aromatic heterocycles.